The van der Waals surface area contributed by atoms with Crippen LogP contribution in [0.5, 0.6) is 0 Å². The van der Waals surface area contributed by atoms with Gasteiger partial charge in [0.1, 0.15) is 0 Å². The second-order valence-corrected chi connectivity index (χ2v) is 6.66. The SMILES string of the molecule is O=CN1c2ccccc2Sc2ccc(S(=O)(=O)O)cc21.[H-].[Na+]. The van der Waals surface area contributed by atoms with E-state index in [0.717, 1.165) is 9.79 Å². The number of fused-ring (bicyclic) bond motifs is 2. The standard InChI is InChI=1S/C13H9NO4S2.Na.H/c15-8-14-10-3-1-2-4-12(10)19-13-6-5-9(7-11(13)14)20(16,17)18;;/h1-8H,(H,16,17,18);;/q;+1;-1. The average Bonchev–Trinajstić information content (AvgIpc) is 2.43. The van der Waals surface area contributed by atoms with Crippen LogP contribution in [0.15, 0.2) is 57.2 Å². The first-order chi connectivity index (χ1) is 9.50. The summed E-state index contributed by atoms with van der Waals surface area (Å²) in [4.78, 5) is 14.2. The molecule has 0 fully saturated rings. The van der Waals surface area contributed by atoms with Crippen LogP contribution >= 0.6 is 11.8 Å². The van der Waals surface area contributed by atoms with Crippen molar-refractivity contribution in [3.63, 3.8) is 0 Å². The van der Waals surface area contributed by atoms with Gasteiger partial charge < -0.3 is 1.43 Å². The van der Waals surface area contributed by atoms with E-state index in [1.54, 1.807) is 18.2 Å². The number of hydrogen-bond acceptors (Lipinski definition) is 4. The summed E-state index contributed by atoms with van der Waals surface area (Å²) in [6.45, 7) is 0. The van der Waals surface area contributed by atoms with E-state index in [1.807, 2.05) is 12.1 Å². The van der Waals surface area contributed by atoms with Crippen molar-refractivity contribution in [2.24, 2.45) is 0 Å². The summed E-state index contributed by atoms with van der Waals surface area (Å²) < 4.78 is 31.5. The van der Waals surface area contributed by atoms with Crippen LogP contribution < -0.4 is 34.5 Å². The summed E-state index contributed by atoms with van der Waals surface area (Å²) in [6, 6.07) is 11.5. The van der Waals surface area contributed by atoms with E-state index >= 15 is 0 Å². The molecule has 1 aliphatic heterocycles. The molecular weight excluding hydrogens is 321 g/mol. The largest absolute Gasteiger partial charge is 1.00 e. The predicted octanol–water partition coefficient (Wildman–Crippen LogP) is -0.191. The minimum absolute atomic E-state index is 0. The number of carbonyl (C=O) groups excluding carboxylic acids is 1. The summed E-state index contributed by atoms with van der Waals surface area (Å²) in [5.74, 6) is 0. The molecule has 3 rings (SSSR count). The van der Waals surface area contributed by atoms with Gasteiger partial charge in [-0.2, -0.15) is 8.42 Å². The fourth-order valence-electron chi connectivity index (χ4n) is 2.04. The summed E-state index contributed by atoms with van der Waals surface area (Å²) in [7, 11) is -4.30. The molecule has 8 heteroatoms. The zero-order valence-electron chi connectivity index (χ0n) is 12.1. The van der Waals surface area contributed by atoms with Gasteiger partial charge in [-0.25, -0.2) is 0 Å². The van der Waals surface area contributed by atoms with Gasteiger partial charge in [0.25, 0.3) is 10.1 Å². The number of amides is 1. The Morgan fingerprint density at radius 2 is 1.76 bits per heavy atom. The molecule has 0 unspecified atom stereocenters. The van der Waals surface area contributed by atoms with Crippen LogP contribution in [0.3, 0.4) is 0 Å². The molecule has 0 bridgehead atoms. The predicted molar refractivity (Wildman–Crippen MR) is 76.1 cm³/mol. The van der Waals surface area contributed by atoms with E-state index in [-0.39, 0.29) is 35.9 Å². The number of para-hydroxylation sites is 1. The number of benzene rings is 2. The Kier molecular flexibility index (Phi) is 4.82. The number of rotatable bonds is 2. The second kappa shape index (κ2) is 6.12. The summed E-state index contributed by atoms with van der Waals surface area (Å²) in [5, 5.41) is 0. The van der Waals surface area contributed by atoms with Crippen molar-refractivity contribution in [3.05, 3.63) is 42.5 Å². The van der Waals surface area contributed by atoms with E-state index in [4.69, 9.17) is 4.55 Å². The molecule has 0 saturated heterocycles. The quantitative estimate of drug-likeness (QED) is 0.469. The summed E-state index contributed by atoms with van der Waals surface area (Å²) >= 11 is 1.44. The van der Waals surface area contributed by atoms with Crippen LogP contribution in [0.4, 0.5) is 11.4 Å². The van der Waals surface area contributed by atoms with Gasteiger partial charge in [-0.3, -0.25) is 14.2 Å². The Bertz CT molecular complexity index is 813. The van der Waals surface area contributed by atoms with E-state index in [9.17, 15) is 13.2 Å². The minimum Gasteiger partial charge on any atom is -1.00 e. The van der Waals surface area contributed by atoms with E-state index in [2.05, 4.69) is 0 Å². The van der Waals surface area contributed by atoms with Crippen molar-refractivity contribution in [3.8, 4) is 0 Å². The van der Waals surface area contributed by atoms with Crippen molar-refractivity contribution in [1.29, 1.82) is 0 Å². The third-order valence-electron chi connectivity index (χ3n) is 2.94. The molecule has 0 aliphatic carbocycles. The maximum atomic E-state index is 11.4. The van der Waals surface area contributed by atoms with Crippen molar-refractivity contribution in [2.75, 3.05) is 4.90 Å². The van der Waals surface area contributed by atoms with Gasteiger partial charge in [0.2, 0.25) is 6.41 Å². The molecular formula is C13H10NNaO4S2. The number of carbonyl (C=O) groups is 1. The number of hydrogen-bond donors (Lipinski definition) is 1. The molecule has 2 aromatic carbocycles. The third kappa shape index (κ3) is 3.03. The first-order valence-corrected chi connectivity index (χ1v) is 7.89. The molecule has 2 aromatic rings. The molecule has 0 spiro atoms. The summed E-state index contributed by atoms with van der Waals surface area (Å²) in [6.07, 6.45) is 0.630. The van der Waals surface area contributed by atoms with Crippen molar-refractivity contribution in [2.45, 2.75) is 14.7 Å². The van der Waals surface area contributed by atoms with E-state index in [0.29, 0.717) is 17.8 Å². The fourth-order valence-corrected chi connectivity index (χ4v) is 3.59. The Labute approximate surface area is 149 Å². The number of nitrogens with zero attached hydrogens (tertiary/aromatic N) is 1. The Hall–Kier alpha value is -0.830. The van der Waals surface area contributed by atoms with E-state index in [1.165, 1.54) is 28.8 Å². The topological polar surface area (TPSA) is 74.7 Å². The molecule has 1 aliphatic rings. The van der Waals surface area contributed by atoms with Crippen LogP contribution in [-0.4, -0.2) is 19.4 Å². The Morgan fingerprint density at radius 1 is 1.10 bits per heavy atom. The molecule has 0 aromatic heterocycles. The van der Waals surface area contributed by atoms with Gasteiger partial charge >= 0.3 is 29.6 Å². The zero-order valence-corrected chi connectivity index (χ0v) is 14.7. The van der Waals surface area contributed by atoms with Crippen molar-refractivity contribution < 1.29 is 48.7 Å². The van der Waals surface area contributed by atoms with Gasteiger partial charge in [0, 0.05) is 9.79 Å². The smallest absolute Gasteiger partial charge is 1.00 e. The molecule has 104 valence electrons. The third-order valence-corrected chi connectivity index (χ3v) is 4.92. The maximum Gasteiger partial charge on any atom is 1.00 e. The molecule has 0 radical (unpaired) electrons. The second-order valence-electron chi connectivity index (χ2n) is 4.15. The van der Waals surface area contributed by atoms with Crippen molar-refractivity contribution >= 4 is 39.7 Å². The Balaban J connectivity index is 0.00000121. The Morgan fingerprint density at radius 3 is 2.43 bits per heavy atom. The van der Waals surface area contributed by atoms with E-state index < -0.39 is 10.1 Å². The molecule has 5 nitrogen and oxygen atoms in total. The molecule has 0 saturated carbocycles. The van der Waals surface area contributed by atoms with Crippen LogP contribution in [0, 0.1) is 0 Å². The summed E-state index contributed by atoms with van der Waals surface area (Å²) in [5.41, 5.74) is 1.13. The molecule has 1 N–H and O–H groups in total. The molecule has 0 atom stereocenters. The van der Waals surface area contributed by atoms with Crippen LogP contribution in [0.2, 0.25) is 0 Å². The average molecular weight is 331 g/mol. The first-order valence-electron chi connectivity index (χ1n) is 5.63. The van der Waals surface area contributed by atoms with Gasteiger partial charge in [-0.05, 0) is 30.3 Å². The van der Waals surface area contributed by atoms with Crippen LogP contribution in [0.25, 0.3) is 0 Å². The molecule has 1 heterocycles. The zero-order chi connectivity index (χ0) is 14.3. The fraction of sp³-hybridized carbons (Fsp3) is 0. The van der Waals surface area contributed by atoms with Crippen LogP contribution in [-0.2, 0) is 14.9 Å². The van der Waals surface area contributed by atoms with Crippen LogP contribution in [0.1, 0.15) is 1.43 Å². The van der Waals surface area contributed by atoms with Gasteiger partial charge in [0.15, 0.2) is 0 Å². The van der Waals surface area contributed by atoms with Gasteiger partial charge in [-0.15, -0.1) is 0 Å². The monoisotopic (exact) mass is 331 g/mol. The van der Waals surface area contributed by atoms with Gasteiger partial charge in [-0.1, -0.05) is 23.9 Å². The van der Waals surface area contributed by atoms with Gasteiger partial charge in [0.05, 0.1) is 16.3 Å². The number of anilines is 2. The normalized spacial score (nSPS) is 12.9. The maximum absolute atomic E-state index is 11.4. The molecule has 21 heavy (non-hydrogen) atoms. The van der Waals surface area contributed by atoms with Crippen molar-refractivity contribution in [1.82, 2.24) is 0 Å². The minimum atomic E-state index is -4.30. The molecule has 1 amide bonds. The first kappa shape index (κ1) is 16.5.